The molecule has 1 N–H and O–H groups in total. The van der Waals surface area contributed by atoms with E-state index in [0.29, 0.717) is 0 Å². The van der Waals surface area contributed by atoms with Crippen molar-refractivity contribution in [3.8, 4) is 5.75 Å². The van der Waals surface area contributed by atoms with Gasteiger partial charge in [0, 0.05) is 26.3 Å². The summed E-state index contributed by atoms with van der Waals surface area (Å²) in [4.78, 5) is 0. The van der Waals surface area contributed by atoms with Crippen molar-refractivity contribution in [3.63, 3.8) is 0 Å². The van der Waals surface area contributed by atoms with Crippen molar-refractivity contribution in [2.24, 2.45) is 0 Å². The maximum absolute atomic E-state index is 10.8. The second-order valence-corrected chi connectivity index (χ2v) is 6.16. The van der Waals surface area contributed by atoms with E-state index >= 15 is 0 Å². The fourth-order valence-electron chi connectivity index (χ4n) is 0.900. The molecule has 0 aliphatic heterocycles. The average molecular weight is 276 g/mol. The van der Waals surface area contributed by atoms with Crippen LogP contribution in [0.5, 0.6) is 5.75 Å². The van der Waals surface area contributed by atoms with Crippen molar-refractivity contribution in [1.29, 1.82) is 0 Å². The zero-order valence-electron chi connectivity index (χ0n) is 6.67. The van der Waals surface area contributed by atoms with E-state index in [-0.39, 0.29) is 21.4 Å². The summed E-state index contributed by atoms with van der Waals surface area (Å²) in [7, 11) is 1.33. The molecule has 14 heavy (non-hydrogen) atoms. The van der Waals surface area contributed by atoms with Gasteiger partial charge in [-0.25, -0.2) is 8.42 Å². The predicted molar refractivity (Wildman–Crippen MR) is 56.6 cm³/mol. The van der Waals surface area contributed by atoms with Gasteiger partial charge in [-0.3, -0.25) is 0 Å². The molecule has 0 fully saturated rings. The Bertz CT molecular complexity index is 432. The molecule has 0 amide bonds. The molecule has 0 radical (unpaired) electrons. The van der Waals surface area contributed by atoms with Crippen LogP contribution in [0.2, 0.25) is 10.0 Å². The maximum atomic E-state index is 10.8. The Morgan fingerprint density at radius 3 is 2.00 bits per heavy atom. The van der Waals surface area contributed by atoms with E-state index in [0.717, 1.165) is 0 Å². The van der Waals surface area contributed by atoms with E-state index in [1.54, 1.807) is 0 Å². The summed E-state index contributed by atoms with van der Waals surface area (Å²) >= 11 is 11.3. The fraction of sp³-hybridized carbons (Fsp3) is 0.143. The topological polar surface area (TPSA) is 54.4 Å². The van der Waals surface area contributed by atoms with Crippen molar-refractivity contribution >= 4 is 42.9 Å². The van der Waals surface area contributed by atoms with Crippen LogP contribution >= 0.6 is 33.9 Å². The molecule has 0 aromatic heterocycles. The molecule has 1 rings (SSSR count). The van der Waals surface area contributed by atoms with Crippen molar-refractivity contribution in [3.05, 3.63) is 27.7 Å². The van der Waals surface area contributed by atoms with Gasteiger partial charge in [0.2, 0.25) is 9.05 Å². The van der Waals surface area contributed by atoms with E-state index in [9.17, 15) is 8.42 Å². The zero-order valence-corrected chi connectivity index (χ0v) is 9.75. The Balaban J connectivity index is 3.22. The Labute approximate surface area is 95.6 Å². The summed E-state index contributed by atoms with van der Waals surface area (Å²) in [6.07, 6.45) is 0. The molecule has 0 aliphatic carbocycles. The summed E-state index contributed by atoms with van der Waals surface area (Å²) in [5, 5.41) is 9.20. The molecule has 0 spiro atoms. The summed E-state index contributed by atoms with van der Waals surface area (Å²) in [5.41, 5.74) is 0.182. The molecule has 3 nitrogen and oxygen atoms in total. The average Bonchev–Trinajstić information content (AvgIpc) is 1.95. The maximum Gasteiger partial charge on any atom is 0.236 e. The van der Waals surface area contributed by atoms with Crippen LogP contribution < -0.4 is 0 Å². The third kappa shape index (κ3) is 3.20. The first-order valence-corrected chi connectivity index (χ1v) is 6.62. The van der Waals surface area contributed by atoms with Crippen LogP contribution in [0.4, 0.5) is 0 Å². The van der Waals surface area contributed by atoms with Crippen LogP contribution in [0.1, 0.15) is 5.56 Å². The number of aromatic hydroxyl groups is 1. The standard InChI is InChI=1S/C7H5Cl3O3S/c8-6-1-4(11)2-7(9)5(6)3-14(10,12)13/h1-2,11H,3H2. The molecule has 78 valence electrons. The van der Waals surface area contributed by atoms with Crippen LogP contribution in [0.15, 0.2) is 12.1 Å². The smallest absolute Gasteiger partial charge is 0.236 e. The highest BCUT2D eigenvalue weighted by Crippen LogP contribution is 2.31. The second kappa shape index (κ2) is 4.14. The summed E-state index contributed by atoms with van der Waals surface area (Å²) in [5.74, 6) is -0.595. The molecule has 7 heteroatoms. The molecule has 1 aromatic rings. The lowest BCUT2D eigenvalue weighted by atomic mass is 10.2. The van der Waals surface area contributed by atoms with Gasteiger partial charge in [-0.05, 0) is 12.1 Å². The molecule has 1 aromatic carbocycles. The Morgan fingerprint density at radius 1 is 1.21 bits per heavy atom. The van der Waals surface area contributed by atoms with Crippen LogP contribution in [0.25, 0.3) is 0 Å². The minimum atomic E-state index is -3.71. The van der Waals surface area contributed by atoms with Gasteiger partial charge < -0.3 is 5.11 Å². The highest BCUT2D eigenvalue weighted by atomic mass is 35.7. The lowest BCUT2D eigenvalue weighted by molar-refractivity contribution is 0.475. The third-order valence-corrected chi connectivity index (χ3v) is 3.08. The van der Waals surface area contributed by atoms with Gasteiger partial charge in [-0.2, -0.15) is 0 Å². The molecular weight excluding hydrogens is 270 g/mol. The summed E-state index contributed by atoms with van der Waals surface area (Å²) in [6.45, 7) is 0. The Hall–Kier alpha value is -0.160. The SMILES string of the molecule is O=S(=O)(Cl)Cc1c(Cl)cc(O)cc1Cl. The number of phenolic OH excluding ortho intramolecular Hbond substituents is 1. The number of rotatable bonds is 2. The first-order chi connectivity index (χ1) is 6.29. The fourth-order valence-corrected chi connectivity index (χ4v) is 2.65. The number of benzene rings is 1. The Kier molecular flexibility index (Phi) is 3.53. The number of hydrogen-bond donors (Lipinski definition) is 1. The summed E-state index contributed by atoms with van der Waals surface area (Å²) < 4.78 is 21.6. The number of hydrogen-bond acceptors (Lipinski definition) is 3. The van der Waals surface area contributed by atoms with E-state index in [4.69, 9.17) is 39.0 Å². The van der Waals surface area contributed by atoms with Crippen molar-refractivity contribution in [2.75, 3.05) is 0 Å². The first-order valence-electron chi connectivity index (χ1n) is 3.39. The first kappa shape index (κ1) is 11.9. The monoisotopic (exact) mass is 274 g/mol. The van der Waals surface area contributed by atoms with Gasteiger partial charge >= 0.3 is 0 Å². The van der Waals surface area contributed by atoms with Gasteiger partial charge in [0.15, 0.2) is 0 Å². The van der Waals surface area contributed by atoms with Gasteiger partial charge in [0.1, 0.15) is 5.75 Å². The normalized spacial score (nSPS) is 11.6. The van der Waals surface area contributed by atoms with Crippen LogP contribution in [-0.4, -0.2) is 13.5 Å². The van der Waals surface area contributed by atoms with Gasteiger partial charge in [-0.1, -0.05) is 23.2 Å². The predicted octanol–water partition coefficient (Wildman–Crippen LogP) is 2.77. The third-order valence-electron chi connectivity index (χ3n) is 1.44. The molecule has 0 heterocycles. The molecule has 0 unspecified atom stereocenters. The quantitative estimate of drug-likeness (QED) is 0.844. The van der Waals surface area contributed by atoms with E-state index in [2.05, 4.69) is 0 Å². The summed E-state index contributed by atoms with van der Waals surface area (Å²) in [6, 6.07) is 2.40. The molecular formula is C7H5Cl3O3S. The van der Waals surface area contributed by atoms with Gasteiger partial charge in [-0.15, -0.1) is 0 Å². The molecule has 0 bridgehead atoms. The molecule has 0 aliphatic rings. The molecule has 0 saturated heterocycles. The van der Waals surface area contributed by atoms with Gasteiger partial charge in [0.05, 0.1) is 5.75 Å². The largest absolute Gasteiger partial charge is 0.508 e. The molecule has 0 saturated carbocycles. The lowest BCUT2D eigenvalue weighted by Crippen LogP contribution is -1.96. The lowest BCUT2D eigenvalue weighted by Gasteiger charge is -2.05. The van der Waals surface area contributed by atoms with Crippen molar-refractivity contribution in [2.45, 2.75) is 5.75 Å². The second-order valence-electron chi connectivity index (χ2n) is 2.57. The number of phenols is 1. The Morgan fingerprint density at radius 2 is 1.64 bits per heavy atom. The van der Waals surface area contributed by atoms with Crippen molar-refractivity contribution in [1.82, 2.24) is 0 Å². The zero-order chi connectivity index (χ0) is 10.9. The molecule has 0 atom stereocenters. The van der Waals surface area contributed by atoms with E-state index in [1.165, 1.54) is 12.1 Å². The minimum Gasteiger partial charge on any atom is -0.508 e. The van der Waals surface area contributed by atoms with Crippen LogP contribution in [0.3, 0.4) is 0 Å². The van der Waals surface area contributed by atoms with E-state index in [1.807, 2.05) is 0 Å². The van der Waals surface area contributed by atoms with E-state index < -0.39 is 14.8 Å². The number of halogens is 3. The van der Waals surface area contributed by atoms with Crippen molar-refractivity contribution < 1.29 is 13.5 Å². The highest BCUT2D eigenvalue weighted by Gasteiger charge is 2.14. The highest BCUT2D eigenvalue weighted by molar-refractivity contribution is 8.13. The minimum absolute atomic E-state index is 0.0687. The van der Waals surface area contributed by atoms with Gasteiger partial charge in [0.25, 0.3) is 0 Å². The van der Waals surface area contributed by atoms with Crippen LogP contribution in [0, 0.1) is 0 Å². The van der Waals surface area contributed by atoms with Crippen LogP contribution in [-0.2, 0) is 14.8 Å².